The Hall–Kier alpha value is -1.22. The molecule has 1 aromatic heterocycles. The SMILES string of the molecule is NNc1ncc(Br)cc1C(=O)NCCN1CCOCC1. The molecule has 1 amide bonds. The molecule has 1 saturated heterocycles. The third-order valence-corrected chi connectivity index (χ3v) is 3.49. The normalized spacial score (nSPS) is 15.9. The van der Waals surface area contributed by atoms with Crippen LogP contribution in [0.4, 0.5) is 5.82 Å². The van der Waals surface area contributed by atoms with Crippen LogP contribution in [0.3, 0.4) is 0 Å². The number of pyridine rings is 1. The summed E-state index contributed by atoms with van der Waals surface area (Å²) in [5.41, 5.74) is 2.84. The quantitative estimate of drug-likeness (QED) is 0.522. The summed E-state index contributed by atoms with van der Waals surface area (Å²) in [6.45, 7) is 4.71. The number of hydrogen-bond acceptors (Lipinski definition) is 6. The third kappa shape index (κ3) is 4.14. The van der Waals surface area contributed by atoms with Crippen molar-refractivity contribution in [2.24, 2.45) is 5.84 Å². The first-order valence-electron chi connectivity index (χ1n) is 6.41. The average molecular weight is 344 g/mol. The monoisotopic (exact) mass is 343 g/mol. The number of hydrogen-bond donors (Lipinski definition) is 3. The lowest BCUT2D eigenvalue weighted by Gasteiger charge is -2.26. The number of ether oxygens (including phenoxy) is 1. The average Bonchev–Trinajstić information content (AvgIpc) is 2.48. The maximum absolute atomic E-state index is 12.1. The molecule has 0 aliphatic carbocycles. The fourth-order valence-corrected chi connectivity index (χ4v) is 2.31. The van der Waals surface area contributed by atoms with Gasteiger partial charge in [0.05, 0.1) is 18.8 Å². The Bertz CT molecular complexity index is 465. The highest BCUT2D eigenvalue weighted by molar-refractivity contribution is 9.10. The van der Waals surface area contributed by atoms with Gasteiger partial charge in [-0.3, -0.25) is 9.69 Å². The molecule has 1 aliphatic rings. The van der Waals surface area contributed by atoms with Crippen molar-refractivity contribution in [3.05, 3.63) is 22.3 Å². The molecular formula is C12H18BrN5O2. The first-order chi connectivity index (χ1) is 9.70. The number of aromatic nitrogens is 1. The number of morpholine rings is 1. The van der Waals surface area contributed by atoms with Crippen molar-refractivity contribution in [1.29, 1.82) is 0 Å². The van der Waals surface area contributed by atoms with Gasteiger partial charge in [-0.05, 0) is 22.0 Å². The van der Waals surface area contributed by atoms with Gasteiger partial charge in [0, 0.05) is 36.8 Å². The molecule has 0 bridgehead atoms. The Morgan fingerprint density at radius 2 is 2.25 bits per heavy atom. The van der Waals surface area contributed by atoms with E-state index in [1.807, 2.05) is 0 Å². The van der Waals surface area contributed by atoms with Crippen LogP contribution in [0.2, 0.25) is 0 Å². The maximum atomic E-state index is 12.1. The van der Waals surface area contributed by atoms with E-state index < -0.39 is 0 Å². The van der Waals surface area contributed by atoms with Gasteiger partial charge in [-0.15, -0.1) is 0 Å². The number of amides is 1. The van der Waals surface area contributed by atoms with Gasteiger partial charge < -0.3 is 15.5 Å². The number of rotatable bonds is 5. The molecule has 2 rings (SSSR count). The topological polar surface area (TPSA) is 92.5 Å². The van der Waals surface area contributed by atoms with Crippen LogP contribution in [0, 0.1) is 0 Å². The van der Waals surface area contributed by atoms with Gasteiger partial charge in [0.25, 0.3) is 5.91 Å². The second-order valence-electron chi connectivity index (χ2n) is 4.40. The van der Waals surface area contributed by atoms with Crippen molar-refractivity contribution in [2.45, 2.75) is 0 Å². The maximum Gasteiger partial charge on any atom is 0.255 e. The number of hydrazine groups is 1. The van der Waals surface area contributed by atoms with Gasteiger partial charge in [0.1, 0.15) is 0 Å². The van der Waals surface area contributed by atoms with Crippen molar-refractivity contribution in [3.63, 3.8) is 0 Å². The summed E-state index contributed by atoms with van der Waals surface area (Å²) in [5.74, 6) is 5.52. The Labute approximate surface area is 126 Å². The fraction of sp³-hybridized carbons (Fsp3) is 0.500. The molecule has 0 saturated carbocycles. The van der Waals surface area contributed by atoms with Gasteiger partial charge in [-0.2, -0.15) is 0 Å². The van der Waals surface area contributed by atoms with E-state index in [1.165, 1.54) is 0 Å². The molecule has 1 aromatic rings. The summed E-state index contributed by atoms with van der Waals surface area (Å²) < 4.78 is 6.01. The Kier molecular flexibility index (Phi) is 5.72. The molecule has 0 atom stereocenters. The van der Waals surface area contributed by atoms with Crippen LogP contribution in [0.25, 0.3) is 0 Å². The minimum atomic E-state index is -0.194. The van der Waals surface area contributed by atoms with Gasteiger partial charge in [0.15, 0.2) is 5.82 Å². The van der Waals surface area contributed by atoms with Gasteiger partial charge >= 0.3 is 0 Å². The minimum Gasteiger partial charge on any atom is -0.379 e. The van der Waals surface area contributed by atoms with E-state index in [9.17, 15) is 4.79 Å². The Morgan fingerprint density at radius 1 is 1.50 bits per heavy atom. The zero-order valence-corrected chi connectivity index (χ0v) is 12.6. The molecule has 2 heterocycles. The van der Waals surface area contributed by atoms with E-state index in [0.29, 0.717) is 17.9 Å². The fourth-order valence-electron chi connectivity index (χ4n) is 1.97. The molecule has 0 aromatic carbocycles. The van der Waals surface area contributed by atoms with Gasteiger partial charge in [0.2, 0.25) is 0 Å². The van der Waals surface area contributed by atoms with Gasteiger partial charge in [-0.1, -0.05) is 0 Å². The number of anilines is 1. The van der Waals surface area contributed by atoms with Crippen LogP contribution < -0.4 is 16.6 Å². The van der Waals surface area contributed by atoms with E-state index in [4.69, 9.17) is 10.6 Å². The molecule has 1 fully saturated rings. The Morgan fingerprint density at radius 3 is 2.95 bits per heavy atom. The highest BCUT2D eigenvalue weighted by Crippen LogP contribution is 2.16. The number of halogens is 1. The highest BCUT2D eigenvalue weighted by Gasteiger charge is 2.14. The molecular weight excluding hydrogens is 326 g/mol. The summed E-state index contributed by atoms with van der Waals surface area (Å²) >= 11 is 3.29. The predicted molar refractivity (Wildman–Crippen MR) is 79.3 cm³/mol. The summed E-state index contributed by atoms with van der Waals surface area (Å²) in [6.07, 6.45) is 1.58. The first-order valence-corrected chi connectivity index (χ1v) is 7.20. The van der Waals surface area contributed by atoms with E-state index in [1.54, 1.807) is 12.3 Å². The van der Waals surface area contributed by atoms with Crippen LogP contribution >= 0.6 is 15.9 Å². The molecule has 0 spiro atoms. The second kappa shape index (κ2) is 7.53. The smallest absolute Gasteiger partial charge is 0.255 e. The molecule has 0 unspecified atom stereocenters. The zero-order chi connectivity index (χ0) is 14.4. The molecule has 0 radical (unpaired) electrons. The number of carbonyl (C=O) groups excluding carboxylic acids is 1. The third-order valence-electron chi connectivity index (χ3n) is 3.05. The van der Waals surface area contributed by atoms with Crippen molar-refractivity contribution in [1.82, 2.24) is 15.2 Å². The Balaban J connectivity index is 1.86. The first kappa shape index (κ1) is 15.2. The molecule has 1 aliphatic heterocycles. The molecule has 8 heteroatoms. The standard InChI is InChI=1S/C12H18BrN5O2/c13-9-7-10(11(17-14)16-8-9)12(19)15-1-2-18-3-5-20-6-4-18/h7-8H,1-6,14H2,(H,15,19)(H,16,17). The lowest BCUT2D eigenvalue weighted by Crippen LogP contribution is -2.41. The summed E-state index contributed by atoms with van der Waals surface area (Å²) in [6, 6.07) is 1.69. The lowest BCUT2D eigenvalue weighted by molar-refractivity contribution is 0.0383. The molecule has 110 valence electrons. The molecule has 4 N–H and O–H groups in total. The number of carbonyl (C=O) groups is 1. The number of nitrogen functional groups attached to an aromatic ring is 1. The number of nitrogens with two attached hydrogens (primary N) is 1. The van der Waals surface area contributed by atoms with E-state index in [2.05, 4.69) is 36.6 Å². The van der Waals surface area contributed by atoms with Crippen LogP contribution in [-0.4, -0.2) is 55.2 Å². The van der Waals surface area contributed by atoms with E-state index in [0.717, 1.165) is 37.3 Å². The van der Waals surface area contributed by atoms with E-state index in [-0.39, 0.29) is 5.91 Å². The number of nitrogens with zero attached hydrogens (tertiary/aromatic N) is 2. The summed E-state index contributed by atoms with van der Waals surface area (Å²) in [7, 11) is 0. The van der Waals surface area contributed by atoms with Crippen molar-refractivity contribution < 1.29 is 9.53 Å². The van der Waals surface area contributed by atoms with Crippen LogP contribution in [-0.2, 0) is 4.74 Å². The van der Waals surface area contributed by atoms with Crippen molar-refractivity contribution in [3.8, 4) is 0 Å². The lowest BCUT2D eigenvalue weighted by atomic mass is 10.2. The van der Waals surface area contributed by atoms with Crippen molar-refractivity contribution in [2.75, 3.05) is 44.8 Å². The van der Waals surface area contributed by atoms with Crippen LogP contribution in [0.15, 0.2) is 16.7 Å². The highest BCUT2D eigenvalue weighted by atomic mass is 79.9. The molecule has 20 heavy (non-hydrogen) atoms. The zero-order valence-electron chi connectivity index (χ0n) is 11.1. The minimum absolute atomic E-state index is 0.194. The predicted octanol–water partition coefficient (Wildman–Crippen LogP) is 0.192. The van der Waals surface area contributed by atoms with Gasteiger partial charge in [-0.25, -0.2) is 10.8 Å². The molecule has 7 nitrogen and oxygen atoms in total. The van der Waals surface area contributed by atoms with Crippen molar-refractivity contribution >= 4 is 27.7 Å². The summed E-state index contributed by atoms with van der Waals surface area (Å²) in [5, 5.41) is 2.87. The summed E-state index contributed by atoms with van der Waals surface area (Å²) in [4.78, 5) is 18.4. The number of nitrogens with one attached hydrogen (secondary N) is 2. The second-order valence-corrected chi connectivity index (χ2v) is 5.32. The van der Waals surface area contributed by atoms with Crippen LogP contribution in [0.1, 0.15) is 10.4 Å². The van der Waals surface area contributed by atoms with Crippen LogP contribution in [0.5, 0.6) is 0 Å². The largest absolute Gasteiger partial charge is 0.379 e. The van der Waals surface area contributed by atoms with E-state index >= 15 is 0 Å².